The maximum atomic E-state index is 13.5. The Kier molecular flexibility index (Phi) is 8.37. The summed E-state index contributed by atoms with van der Waals surface area (Å²) in [6.07, 6.45) is 3.82. The second-order valence-corrected chi connectivity index (χ2v) is 16.4. The summed E-state index contributed by atoms with van der Waals surface area (Å²) in [6, 6.07) is 8.09. The molecule has 2 saturated heterocycles. The standard InChI is InChI=1S/C29H40N4O8S2/c1-20-17-32(2)27-13-26(16-31-28(27)41-20)43(37,38)33-10-8-29(9-11-33)14-21(18-40-29)30-15-22(34)19-39-23-4-3-5-25(12-23)42(35,36)24-6-7-24/h3-5,12-13,16,20-22,24,30,34H,6-11,14-15,17-19H2,1-2H3. The van der Waals surface area contributed by atoms with Crippen LogP contribution in [0.25, 0.3) is 0 Å². The lowest BCUT2D eigenvalue weighted by Gasteiger charge is -2.38. The first kappa shape index (κ1) is 30.5. The number of benzene rings is 1. The van der Waals surface area contributed by atoms with Gasteiger partial charge in [0.2, 0.25) is 15.9 Å². The number of ether oxygens (including phenoxy) is 3. The number of sulfone groups is 1. The lowest BCUT2D eigenvalue weighted by atomic mass is 9.88. The zero-order valence-electron chi connectivity index (χ0n) is 24.5. The minimum Gasteiger partial charge on any atom is -0.491 e. The van der Waals surface area contributed by atoms with Crippen LogP contribution in [0.4, 0.5) is 5.69 Å². The fourth-order valence-electron chi connectivity index (χ4n) is 6.11. The molecule has 1 aliphatic carbocycles. The highest BCUT2D eigenvalue weighted by atomic mass is 32.2. The number of aromatic nitrogens is 1. The highest BCUT2D eigenvalue weighted by molar-refractivity contribution is 7.92. The van der Waals surface area contributed by atoms with Gasteiger partial charge in [0.15, 0.2) is 9.84 Å². The molecule has 0 radical (unpaired) electrons. The third kappa shape index (κ3) is 6.50. The van der Waals surface area contributed by atoms with Gasteiger partial charge in [-0.3, -0.25) is 0 Å². The Bertz CT molecular complexity index is 1540. The molecule has 1 aromatic carbocycles. The summed E-state index contributed by atoms with van der Waals surface area (Å²) >= 11 is 0. The second-order valence-electron chi connectivity index (χ2n) is 12.2. The highest BCUT2D eigenvalue weighted by Crippen LogP contribution is 2.39. The molecule has 1 aromatic heterocycles. The van der Waals surface area contributed by atoms with Gasteiger partial charge in [-0.25, -0.2) is 21.8 Å². The van der Waals surface area contributed by atoms with E-state index in [-0.39, 0.29) is 40.3 Å². The summed E-state index contributed by atoms with van der Waals surface area (Å²) in [4.78, 5) is 6.67. The van der Waals surface area contributed by atoms with Crippen molar-refractivity contribution in [1.82, 2.24) is 14.6 Å². The molecule has 1 spiro atoms. The molecular formula is C29H40N4O8S2. The Morgan fingerprint density at radius 3 is 2.67 bits per heavy atom. The Morgan fingerprint density at radius 2 is 1.93 bits per heavy atom. The van der Waals surface area contributed by atoms with Crippen molar-refractivity contribution in [3.8, 4) is 11.6 Å². The van der Waals surface area contributed by atoms with Crippen LogP contribution in [0.1, 0.15) is 39.0 Å². The number of pyridine rings is 1. The maximum absolute atomic E-state index is 13.5. The molecule has 0 amide bonds. The SMILES string of the molecule is CC1CN(C)c2cc(S(=O)(=O)N3CCC4(CC3)CC(NCC(O)COc3cccc(S(=O)(=O)C5CC5)c3)CO4)cnc2O1. The van der Waals surface area contributed by atoms with Crippen molar-refractivity contribution in [3.63, 3.8) is 0 Å². The summed E-state index contributed by atoms with van der Waals surface area (Å²) in [5, 5.41) is 13.6. The van der Waals surface area contributed by atoms with Crippen LogP contribution in [0.5, 0.6) is 11.6 Å². The van der Waals surface area contributed by atoms with Crippen LogP contribution >= 0.6 is 0 Å². The van der Waals surface area contributed by atoms with Crippen LogP contribution in [-0.2, 0) is 24.6 Å². The molecule has 14 heteroatoms. The molecule has 4 heterocycles. The van der Waals surface area contributed by atoms with Crippen LogP contribution in [0, 0.1) is 0 Å². The molecule has 4 aliphatic rings. The summed E-state index contributed by atoms with van der Waals surface area (Å²) in [6.45, 7) is 4.08. The lowest BCUT2D eigenvalue weighted by Crippen LogP contribution is -2.47. The number of aliphatic hydroxyl groups is 1. The minimum atomic E-state index is -3.72. The van der Waals surface area contributed by atoms with Gasteiger partial charge in [-0.05, 0) is 63.3 Å². The van der Waals surface area contributed by atoms with Gasteiger partial charge in [0.25, 0.3) is 0 Å². The van der Waals surface area contributed by atoms with Crippen molar-refractivity contribution in [2.24, 2.45) is 0 Å². The zero-order chi connectivity index (χ0) is 30.4. The molecular weight excluding hydrogens is 596 g/mol. The van der Waals surface area contributed by atoms with Gasteiger partial charge in [0.05, 0.1) is 35.1 Å². The minimum absolute atomic E-state index is 0.0178. The number of piperidine rings is 1. The van der Waals surface area contributed by atoms with E-state index in [1.54, 1.807) is 24.3 Å². The third-order valence-electron chi connectivity index (χ3n) is 8.72. The van der Waals surface area contributed by atoms with Crippen LogP contribution in [-0.4, -0.2) is 107 Å². The first-order valence-corrected chi connectivity index (χ1v) is 17.8. The molecule has 1 saturated carbocycles. The fourth-order valence-corrected chi connectivity index (χ4v) is 9.21. The van der Waals surface area contributed by atoms with Gasteiger partial charge in [-0.1, -0.05) is 6.07 Å². The van der Waals surface area contributed by atoms with E-state index < -0.39 is 31.6 Å². The Hall–Kier alpha value is -2.49. The van der Waals surface area contributed by atoms with E-state index >= 15 is 0 Å². The second kappa shape index (κ2) is 11.8. The number of anilines is 1. The number of likely N-dealkylation sites (N-methyl/N-ethyl adjacent to an activating group) is 1. The number of fused-ring (bicyclic) bond motifs is 1. The number of hydrogen-bond donors (Lipinski definition) is 2. The fraction of sp³-hybridized carbons (Fsp3) is 0.621. The van der Waals surface area contributed by atoms with E-state index in [4.69, 9.17) is 14.2 Å². The van der Waals surface area contributed by atoms with Gasteiger partial charge >= 0.3 is 0 Å². The summed E-state index contributed by atoms with van der Waals surface area (Å²) < 4.78 is 71.1. The van der Waals surface area contributed by atoms with Crippen molar-refractivity contribution in [3.05, 3.63) is 36.5 Å². The molecule has 236 valence electrons. The van der Waals surface area contributed by atoms with Crippen molar-refractivity contribution >= 4 is 25.5 Å². The van der Waals surface area contributed by atoms with E-state index in [0.717, 1.165) is 6.42 Å². The zero-order valence-corrected chi connectivity index (χ0v) is 26.1. The van der Waals surface area contributed by atoms with Crippen molar-refractivity contribution in [2.75, 3.05) is 51.3 Å². The Labute approximate surface area is 253 Å². The number of rotatable bonds is 10. The van der Waals surface area contributed by atoms with Crippen molar-refractivity contribution < 1.29 is 36.2 Å². The quantitative estimate of drug-likeness (QED) is 0.392. The van der Waals surface area contributed by atoms with Crippen LogP contribution in [0.2, 0.25) is 0 Å². The molecule has 3 fully saturated rings. The Balaban J connectivity index is 0.970. The molecule has 2 N–H and O–H groups in total. The molecule has 43 heavy (non-hydrogen) atoms. The number of hydrogen-bond acceptors (Lipinski definition) is 11. The molecule has 12 nitrogen and oxygen atoms in total. The molecule has 3 aliphatic heterocycles. The first-order chi connectivity index (χ1) is 20.4. The molecule has 0 bridgehead atoms. The first-order valence-electron chi connectivity index (χ1n) is 14.9. The van der Waals surface area contributed by atoms with Crippen LogP contribution in [0.3, 0.4) is 0 Å². The summed E-state index contributed by atoms with van der Waals surface area (Å²) in [5.41, 5.74) is 0.264. The monoisotopic (exact) mass is 636 g/mol. The summed E-state index contributed by atoms with van der Waals surface area (Å²) in [5.74, 6) is 0.854. The lowest BCUT2D eigenvalue weighted by molar-refractivity contribution is -0.0312. The van der Waals surface area contributed by atoms with Crippen LogP contribution in [0.15, 0.2) is 46.3 Å². The average molecular weight is 637 g/mol. The number of nitrogens with zero attached hydrogens (tertiary/aromatic N) is 3. The molecule has 2 aromatic rings. The summed E-state index contributed by atoms with van der Waals surface area (Å²) in [7, 11) is -5.13. The van der Waals surface area contributed by atoms with E-state index in [1.165, 1.54) is 16.6 Å². The Morgan fingerprint density at radius 1 is 1.16 bits per heavy atom. The maximum Gasteiger partial charge on any atom is 0.244 e. The van der Waals surface area contributed by atoms with Gasteiger partial charge in [0.1, 0.15) is 35.1 Å². The molecule has 6 rings (SSSR count). The number of nitrogens with one attached hydrogen (secondary N) is 1. The van der Waals surface area contributed by atoms with Gasteiger partial charge in [0, 0.05) is 32.7 Å². The topological polar surface area (TPSA) is 148 Å². The van der Waals surface area contributed by atoms with Crippen LogP contribution < -0.4 is 19.7 Å². The normalized spacial score (nSPS) is 24.9. The van der Waals surface area contributed by atoms with E-state index in [9.17, 15) is 21.9 Å². The average Bonchev–Trinajstić information content (AvgIpc) is 3.78. The highest BCUT2D eigenvalue weighted by Gasteiger charge is 2.45. The van der Waals surface area contributed by atoms with Crippen molar-refractivity contribution in [1.29, 1.82) is 0 Å². The largest absolute Gasteiger partial charge is 0.491 e. The predicted molar refractivity (Wildman–Crippen MR) is 159 cm³/mol. The van der Waals surface area contributed by atoms with Gasteiger partial charge in [-0.2, -0.15) is 4.31 Å². The van der Waals surface area contributed by atoms with Crippen molar-refractivity contribution in [2.45, 2.75) is 77.9 Å². The number of sulfonamides is 1. The number of aliphatic hydroxyl groups excluding tert-OH is 1. The van der Waals surface area contributed by atoms with Gasteiger partial charge < -0.3 is 29.5 Å². The van der Waals surface area contributed by atoms with Gasteiger partial charge in [-0.15, -0.1) is 0 Å². The third-order valence-corrected chi connectivity index (χ3v) is 12.8. The van der Waals surface area contributed by atoms with E-state index in [0.29, 0.717) is 69.2 Å². The van der Waals surface area contributed by atoms with E-state index in [2.05, 4.69) is 10.3 Å². The molecule has 3 unspecified atom stereocenters. The van der Waals surface area contributed by atoms with E-state index in [1.807, 2.05) is 18.9 Å². The predicted octanol–water partition coefficient (Wildman–Crippen LogP) is 1.58. The smallest absolute Gasteiger partial charge is 0.244 e. The molecule has 3 atom stereocenters.